The summed E-state index contributed by atoms with van der Waals surface area (Å²) in [6.45, 7) is 16.3. The van der Waals surface area contributed by atoms with Crippen LogP contribution in [0.5, 0.6) is 0 Å². The van der Waals surface area contributed by atoms with Crippen LogP contribution in [0.1, 0.15) is 60.8 Å². The SMILES string of the molecule is CC(C)CCCC(CNCC(C)C)C(C)C. The minimum absolute atomic E-state index is 0.767. The largest absolute Gasteiger partial charge is 0.316 e. The molecule has 1 unspecified atom stereocenters. The van der Waals surface area contributed by atoms with E-state index in [1.807, 2.05) is 0 Å². The van der Waals surface area contributed by atoms with Gasteiger partial charge in [-0.25, -0.2) is 0 Å². The monoisotopic (exact) mass is 227 g/mol. The zero-order chi connectivity index (χ0) is 12.6. The molecule has 0 fully saturated rings. The van der Waals surface area contributed by atoms with E-state index in [0.29, 0.717) is 0 Å². The van der Waals surface area contributed by atoms with Gasteiger partial charge in [0.15, 0.2) is 0 Å². The van der Waals surface area contributed by atoms with Gasteiger partial charge < -0.3 is 5.32 Å². The third kappa shape index (κ3) is 9.21. The third-order valence-corrected chi connectivity index (χ3v) is 3.26. The maximum absolute atomic E-state index is 3.60. The first-order valence-electron chi connectivity index (χ1n) is 7.14. The quantitative estimate of drug-likeness (QED) is 0.618. The molecule has 16 heavy (non-hydrogen) atoms. The summed E-state index contributed by atoms with van der Waals surface area (Å²) in [5, 5.41) is 3.60. The standard InChI is InChI=1S/C15H33N/c1-12(2)8-7-9-15(14(5)6)11-16-10-13(3)4/h12-16H,7-11H2,1-6H3. The first kappa shape index (κ1) is 16.0. The molecule has 0 saturated heterocycles. The van der Waals surface area contributed by atoms with Crippen LogP contribution in [-0.2, 0) is 0 Å². The lowest BCUT2D eigenvalue weighted by Crippen LogP contribution is -2.29. The van der Waals surface area contributed by atoms with E-state index in [1.54, 1.807) is 0 Å². The molecular weight excluding hydrogens is 194 g/mol. The summed E-state index contributed by atoms with van der Waals surface area (Å²) in [5.41, 5.74) is 0. The Hall–Kier alpha value is -0.0400. The van der Waals surface area contributed by atoms with Gasteiger partial charge in [-0.2, -0.15) is 0 Å². The van der Waals surface area contributed by atoms with Crippen molar-refractivity contribution in [2.75, 3.05) is 13.1 Å². The van der Waals surface area contributed by atoms with Crippen molar-refractivity contribution < 1.29 is 0 Å². The third-order valence-electron chi connectivity index (χ3n) is 3.26. The van der Waals surface area contributed by atoms with E-state index in [4.69, 9.17) is 0 Å². The maximum Gasteiger partial charge on any atom is -0.00180 e. The van der Waals surface area contributed by atoms with Crippen molar-refractivity contribution in [2.45, 2.75) is 60.8 Å². The zero-order valence-corrected chi connectivity index (χ0v) is 12.3. The first-order valence-corrected chi connectivity index (χ1v) is 7.14. The Bertz CT molecular complexity index is 136. The Balaban J connectivity index is 3.71. The summed E-state index contributed by atoms with van der Waals surface area (Å²) in [6.07, 6.45) is 4.16. The molecule has 0 aromatic heterocycles. The van der Waals surface area contributed by atoms with Crippen LogP contribution in [0, 0.1) is 23.7 Å². The van der Waals surface area contributed by atoms with Crippen LogP contribution in [0.3, 0.4) is 0 Å². The Morgan fingerprint density at radius 1 is 0.750 bits per heavy atom. The summed E-state index contributed by atoms with van der Waals surface area (Å²) >= 11 is 0. The number of rotatable bonds is 9. The molecular formula is C15H33N. The van der Waals surface area contributed by atoms with Gasteiger partial charge in [-0.15, -0.1) is 0 Å². The maximum atomic E-state index is 3.60. The van der Waals surface area contributed by atoms with Crippen molar-refractivity contribution in [3.05, 3.63) is 0 Å². The molecule has 1 nitrogen and oxygen atoms in total. The zero-order valence-electron chi connectivity index (χ0n) is 12.3. The molecule has 0 aliphatic rings. The summed E-state index contributed by atoms with van der Waals surface area (Å²) in [7, 11) is 0. The van der Waals surface area contributed by atoms with E-state index < -0.39 is 0 Å². The Morgan fingerprint density at radius 2 is 1.38 bits per heavy atom. The van der Waals surface area contributed by atoms with Crippen molar-refractivity contribution >= 4 is 0 Å². The second-order valence-corrected chi connectivity index (χ2v) is 6.38. The van der Waals surface area contributed by atoms with Crippen molar-refractivity contribution in [3.8, 4) is 0 Å². The Labute approximate surface area is 103 Å². The molecule has 0 heterocycles. The highest BCUT2D eigenvalue weighted by Gasteiger charge is 2.13. The molecule has 98 valence electrons. The first-order chi connectivity index (χ1) is 7.43. The van der Waals surface area contributed by atoms with Crippen molar-refractivity contribution in [1.29, 1.82) is 0 Å². The number of nitrogens with one attached hydrogen (secondary N) is 1. The second kappa shape index (κ2) is 9.04. The van der Waals surface area contributed by atoms with Gasteiger partial charge in [0.25, 0.3) is 0 Å². The van der Waals surface area contributed by atoms with E-state index in [2.05, 4.69) is 46.9 Å². The van der Waals surface area contributed by atoms with Crippen molar-refractivity contribution in [3.63, 3.8) is 0 Å². The van der Waals surface area contributed by atoms with Crippen molar-refractivity contribution in [2.24, 2.45) is 23.7 Å². The van der Waals surface area contributed by atoms with Gasteiger partial charge >= 0.3 is 0 Å². The lowest BCUT2D eigenvalue weighted by molar-refractivity contribution is 0.318. The van der Waals surface area contributed by atoms with Crippen LogP contribution in [0.25, 0.3) is 0 Å². The summed E-state index contributed by atoms with van der Waals surface area (Å²) in [4.78, 5) is 0. The van der Waals surface area contributed by atoms with Gasteiger partial charge in [0.1, 0.15) is 0 Å². The fraction of sp³-hybridized carbons (Fsp3) is 1.00. The Kier molecular flexibility index (Phi) is 9.02. The molecule has 0 saturated carbocycles. The molecule has 0 aliphatic carbocycles. The molecule has 1 heteroatoms. The minimum Gasteiger partial charge on any atom is -0.316 e. The molecule has 0 aromatic carbocycles. The van der Waals surface area contributed by atoms with E-state index in [1.165, 1.54) is 25.8 Å². The van der Waals surface area contributed by atoms with Crippen LogP contribution in [0.4, 0.5) is 0 Å². The lowest BCUT2D eigenvalue weighted by Gasteiger charge is -2.22. The summed E-state index contributed by atoms with van der Waals surface area (Å²) < 4.78 is 0. The van der Waals surface area contributed by atoms with Gasteiger partial charge in [-0.1, -0.05) is 54.4 Å². The van der Waals surface area contributed by atoms with E-state index in [-0.39, 0.29) is 0 Å². The highest BCUT2D eigenvalue weighted by Crippen LogP contribution is 2.19. The van der Waals surface area contributed by atoms with E-state index in [0.717, 1.165) is 30.2 Å². The molecule has 0 spiro atoms. The average Bonchev–Trinajstić information content (AvgIpc) is 2.14. The molecule has 0 bridgehead atoms. The predicted molar refractivity (Wildman–Crippen MR) is 74.7 cm³/mol. The fourth-order valence-electron chi connectivity index (χ4n) is 2.02. The molecule has 1 atom stereocenters. The number of hydrogen-bond acceptors (Lipinski definition) is 1. The smallest absolute Gasteiger partial charge is 0.00180 e. The molecule has 0 radical (unpaired) electrons. The summed E-state index contributed by atoms with van der Waals surface area (Å²) in [5.74, 6) is 3.30. The molecule has 1 N–H and O–H groups in total. The van der Waals surface area contributed by atoms with Gasteiger partial charge in [-0.3, -0.25) is 0 Å². The predicted octanol–water partition coefficient (Wildman–Crippen LogP) is 4.33. The highest BCUT2D eigenvalue weighted by atomic mass is 14.9. The average molecular weight is 227 g/mol. The summed E-state index contributed by atoms with van der Waals surface area (Å²) in [6, 6.07) is 0. The van der Waals surface area contributed by atoms with E-state index in [9.17, 15) is 0 Å². The topological polar surface area (TPSA) is 12.0 Å². The van der Waals surface area contributed by atoms with Gasteiger partial charge in [0, 0.05) is 0 Å². The number of hydrogen-bond donors (Lipinski definition) is 1. The normalized spacial score (nSPS) is 14.1. The van der Waals surface area contributed by atoms with Crippen LogP contribution in [0.2, 0.25) is 0 Å². The molecule has 0 aliphatic heterocycles. The molecule has 0 rings (SSSR count). The lowest BCUT2D eigenvalue weighted by atomic mass is 9.89. The van der Waals surface area contributed by atoms with Gasteiger partial charge in [0.05, 0.1) is 0 Å². The molecule has 0 amide bonds. The second-order valence-electron chi connectivity index (χ2n) is 6.38. The fourth-order valence-corrected chi connectivity index (χ4v) is 2.02. The highest BCUT2D eigenvalue weighted by molar-refractivity contribution is 4.67. The minimum atomic E-state index is 0.767. The molecule has 0 aromatic rings. The van der Waals surface area contributed by atoms with Crippen LogP contribution in [-0.4, -0.2) is 13.1 Å². The van der Waals surface area contributed by atoms with Gasteiger partial charge in [0.2, 0.25) is 0 Å². The van der Waals surface area contributed by atoms with Crippen molar-refractivity contribution in [1.82, 2.24) is 5.32 Å². The van der Waals surface area contributed by atoms with Crippen LogP contribution >= 0.6 is 0 Å². The van der Waals surface area contributed by atoms with E-state index >= 15 is 0 Å². The van der Waals surface area contributed by atoms with Crippen LogP contribution < -0.4 is 5.32 Å². The van der Waals surface area contributed by atoms with Gasteiger partial charge in [-0.05, 0) is 43.2 Å². The van der Waals surface area contributed by atoms with Crippen LogP contribution in [0.15, 0.2) is 0 Å². The Morgan fingerprint density at radius 3 is 1.81 bits per heavy atom.